The third kappa shape index (κ3) is 3.71. The lowest BCUT2D eigenvalue weighted by molar-refractivity contribution is 0.0665. The number of hydrogen-bond acceptors (Lipinski definition) is 3. The molecule has 1 aliphatic heterocycles. The van der Waals surface area contributed by atoms with Crippen molar-refractivity contribution < 1.29 is 13.6 Å². The number of nitrogens with zero attached hydrogens (tertiary/aromatic N) is 4. The molecule has 0 aromatic carbocycles. The number of amides is 2. The molecule has 1 aliphatic rings. The lowest BCUT2D eigenvalue weighted by Crippen LogP contribution is -2.42. The Balaban J connectivity index is 1.75. The molecule has 0 radical (unpaired) electrons. The molecule has 2 N–H and O–H groups in total. The van der Waals surface area contributed by atoms with Crippen LogP contribution in [0.4, 0.5) is 13.6 Å². The van der Waals surface area contributed by atoms with Crippen LogP contribution in [0.3, 0.4) is 0 Å². The van der Waals surface area contributed by atoms with Crippen molar-refractivity contribution in [2.75, 3.05) is 6.54 Å². The molecule has 9 heteroatoms. The lowest BCUT2D eigenvalue weighted by Gasteiger charge is -2.30. The summed E-state index contributed by atoms with van der Waals surface area (Å²) >= 11 is 0. The number of aromatic nitrogens is 4. The van der Waals surface area contributed by atoms with Gasteiger partial charge in [-0.2, -0.15) is 13.9 Å². The fourth-order valence-corrected chi connectivity index (χ4v) is 3.62. The van der Waals surface area contributed by atoms with Gasteiger partial charge < -0.3 is 10.2 Å². The summed E-state index contributed by atoms with van der Waals surface area (Å²) < 4.78 is 26.6. The van der Waals surface area contributed by atoms with E-state index in [0.29, 0.717) is 6.54 Å². The molecular weight excluding hydrogens is 342 g/mol. The van der Waals surface area contributed by atoms with E-state index in [2.05, 4.69) is 20.5 Å². The van der Waals surface area contributed by atoms with E-state index in [1.54, 1.807) is 4.90 Å². The van der Waals surface area contributed by atoms with Gasteiger partial charge in [0.1, 0.15) is 5.82 Å². The molecule has 7 nitrogen and oxygen atoms in total. The first-order chi connectivity index (χ1) is 12.5. The summed E-state index contributed by atoms with van der Waals surface area (Å²) in [7, 11) is 0. The third-order valence-electron chi connectivity index (χ3n) is 4.89. The highest BCUT2D eigenvalue weighted by Crippen LogP contribution is 2.33. The standard InChI is InChI=1S/C17H24F2N6O/c1-11-15(12(2)23-22-11)13-6-4-3-5-8-24(13)17(26)21-10-14-20-7-9-25(14)16(18)19/h7,9,13,16H,3-6,8,10H2,1-2H3,(H,21,26)(H,22,23). The van der Waals surface area contributed by atoms with Crippen LogP contribution in [-0.2, 0) is 6.54 Å². The number of halogens is 2. The van der Waals surface area contributed by atoms with E-state index in [9.17, 15) is 13.6 Å². The zero-order valence-electron chi connectivity index (χ0n) is 15.0. The van der Waals surface area contributed by atoms with Gasteiger partial charge in [0.05, 0.1) is 18.3 Å². The topological polar surface area (TPSA) is 78.8 Å². The van der Waals surface area contributed by atoms with E-state index in [1.807, 2.05) is 13.8 Å². The minimum atomic E-state index is -2.67. The van der Waals surface area contributed by atoms with Crippen molar-refractivity contribution in [1.29, 1.82) is 0 Å². The average molecular weight is 366 g/mol. The number of aromatic amines is 1. The van der Waals surface area contributed by atoms with Crippen LogP contribution >= 0.6 is 0 Å². The summed E-state index contributed by atoms with van der Waals surface area (Å²) in [5.41, 5.74) is 2.90. The number of urea groups is 1. The summed E-state index contributed by atoms with van der Waals surface area (Å²) in [6.07, 6.45) is 6.39. The second kappa shape index (κ2) is 7.84. The van der Waals surface area contributed by atoms with Crippen molar-refractivity contribution in [2.45, 2.75) is 58.7 Å². The van der Waals surface area contributed by atoms with Crippen LogP contribution in [0.25, 0.3) is 0 Å². The number of carbonyl (C=O) groups excluding carboxylic acids is 1. The molecule has 1 saturated heterocycles. The van der Waals surface area contributed by atoms with Crippen LogP contribution in [0.1, 0.15) is 61.1 Å². The molecule has 1 atom stereocenters. The smallest absolute Gasteiger partial charge is 0.319 e. The Labute approximate surface area is 150 Å². The van der Waals surface area contributed by atoms with E-state index in [0.717, 1.165) is 47.2 Å². The molecule has 1 fully saturated rings. The van der Waals surface area contributed by atoms with Crippen molar-refractivity contribution in [1.82, 2.24) is 30.0 Å². The molecule has 2 amide bonds. The zero-order chi connectivity index (χ0) is 18.7. The number of aryl methyl sites for hydroxylation is 2. The van der Waals surface area contributed by atoms with Crippen molar-refractivity contribution in [3.8, 4) is 0 Å². The number of carbonyl (C=O) groups is 1. The van der Waals surface area contributed by atoms with Crippen LogP contribution in [0, 0.1) is 13.8 Å². The fraction of sp³-hybridized carbons (Fsp3) is 0.588. The van der Waals surface area contributed by atoms with Gasteiger partial charge in [-0.05, 0) is 26.7 Å². The quantitative estimate of drug-likeness (QED) is 0.870. The van der Waals surface area contributed by atoms with Crippen molar-refractivity contribution in [2.24, 2.45) is 0 Å². The molecule has 26 heavy (non-hydrogen) atoms. The Morgan fingerprint density at radius 1 is 1.38 bits per heavy atom. The molecule has 0 saturated carbocycles. The molecule has 2 aromatic heterocycles. The van der Waals surface area contributed by atoms with Gasteiger partial charge in [0.25, 0.3) is 0 Å². The monoisotopic (exact) mass is 366 g/mol. The van der Waals surface area contributed by atoms with Crippen LogP contribution in [0.15, 0.2) is 12.4 Å². The summed E-state index contributed by atoms with van der Waals surface area (Å²) in [5, 5.41) is 9.99. The summed E-state index contributed by atoms with van der Waals surface area (Å²) in [4.78, 5) is 18.5. The first kappa shape index (κ1) is 18.3. The number of nitrogens with one attached hydrogen (secondary N) is 2. The Kier molecular flexibility index (Phi) is 5.53. The van der Waals surface area contributed by atoms with Gasteiger partial charge in [-0.15, -0.1) is 0 Å². The second-order valence-electron chi connectivity index (χ2n) is 6.59. The van der Waals surface area contributed by atoms with Crippen molar-refractivity contribution in [3.63, 3.8) is 0 Å². The molecule has 142 valence electrons. The SMILES string of the molecule is Cc1n[nH]c(C)c1C1CCCCCN1C(=O)NCc1nccn1C(F)F. The maximum Gasteiger partial charge on any atom is 0.319 e. The normalized spacial score (nSPS) is 18.2. The van der Waals surface area contributed by atoms with Gasteiger partial charge in [0.15, 0.2) is 0 Å². The zero-order valence-corrected chi connectivity index (χ0v) is 15.0. The van der Waals surface area contributed by atoms with E-state index in [1.165, 1.54) is 12.4 Å². The third-order valence-corrected chi connectivity index (χ3v) is 4.89. The predicted octanol–water partition coefficient (Wildman–Crippen LogP) is 3.45. The maximum atomic E-state index is 12.9. The Morgan fingerprint density at radius 2 is 2.19 bits per heavy atom. The van der Waals surface area contributed by atoms with Gasteiger partial charge in [0.2, 0.25) is 0 Å². The second-order valence-corrected chi connectivity index (χ2v) is 6.59. The van der Waals surface area contributed by atoms with E-state index < -0.39 is 6.55 Å². The Hall–Kier alpha value is -2.45. The number of rotatable bonds is 4. The first-order valence-electron chi connectivity index (χ1n) is 8.84. The van der Waals surface area contributed by atoms with Gasteiger partial charge in [-0.1, -0.05) is 12.8 Å². The summed E-state index contributed by atoms with van der Waals surface area (Å²) in [6.45, 7) is 1.80. The Bertz CT molecular complexity index is 737. The molecule has 0 spiro atoms. The number of H-pyrrole nitrogens is 1. The fourth-order valence-electron chi connectivity index (χ4n) is 3.62. The van der Waals surface area contributed by atoms with Gasteiger partial charge in [-0.25, -0.2) is 9.78 Å². The highest BCUT2D eigenvalue weighted by Gasteiger charge is 2.30. The van der Waals surface area contributed by atoms with Crippen LogP contribution < -0.4 is 5.32 Å². The molecule has 3 heterocycles. The van der Waals surface area contributed by atoms with Gasteiger partial charge in [-0.3, -0.25) is 9.67 Å². The highest BCUT2D eigenvalue weighted by atomic mass is 19.3. The molecule has 1 unspecified atom stereocenters. The summed E-state index contributed by atoms with van der Waals surface area (Å²) in [6, 6.07) is -0.327. The molecule has 0 aliphatic carbocycles. The van der Waals surface area contributed by atoms with Crippen LogP contribution in [0.5, 0.6) is 0 Å². The summed E-state index contributed by atoms with van der Waals surface area (Å²) in [5.74, 6) is 0.135. The average Bonchev–Trinajstić information content (AvgIpc) is 3.12. The first-order valence-corrected chi connectivity index (χ1v) is 8.84. The van der Waals surface area contributed by atoms with Crippen molar-refractivity contribution >= 4 is 6.03 Å². The minimum absolute atomic E-state index is 0.0389. The number of imidazole rings is 1. The van der Waals surface area contributed by atoms with Gasteiger partial charge in [0, 0.05) is 30.2 Å². The van der Waals surface area contributed by atoms with Crippen LogP contribution in [0.2, 0.25) is 0 Å². The highest BCUT2D eigenvalue weighted by molar-refractivity contribution is 5.74. The lowest BCUT2D eigenvalue weighted by atomic mass is 9.99. The molecule has 0 bridgehead atoms. The maximum absolute atomic E-state index is 12.9. The Morgan fingerprint density at radius 3 is 2.88 bits per heavy atom. The van der Waals surface area contributed by atoms with E-state index >= 15 is 0 Å². The molecule has 3 rings (SSSR count). The largest absolute Gasteiger partial charge is 0.331 e. The van der Waals surface area contributed by atoms with Crippen LogP contribution in [-0.4, -0.2) is 37.2 Å². The van der Waals surface area contributed by atoms with E-state index in [4.69, 9.17) is 0 Å². The molecular formula is C17H24F2N6O. The number of alkyl halides is 2. The molecule has 2 aromatic rings. The van der Waals surface area contributed by atoms with Crippen molar-refractivity contribution in [3.05, 3.63) is 35.2 Å². The van der Waals surface area contributed by atoms with E-state index in [-0.39, 0.29) is 24.4 Å². The number of likely N-dealkylation sites (tertiary alicyclic amines) is 1. The predicted molar refractivity (Wildman–Crippen MR) is 91.7 cm³/mol. The van der Waals surface area contributed by atoms with Gasteiger partial charge >= 0.3 is 12.6 Å². The number of hydrogen-bond donors (Lipinski definition) is 2. The minimum Gasteiger partial charge on any atom is -0.331 e.